The van der Waals surface area contributed by atoms with Crippen LogP contribution in [-0.2, 0) is 16.3 Å². The van der Waals surface area contributed by atoms with Gasteiger partial charge >= 0.3 is 0 Å². The summed E-state index contributed by atoms with van der Waals surface area (Å²) in [6.07, 6.45) is 2.62. The highest BCUT2D eigenvalue weighted by Crippen LogP contribution is 2.26. The molecule has 1 fully saturated rings. The van der Waals surface area contributed by atoms with E-state index in [1.54, 1.807) is 36.2 Å². The van der Waals surface area contributed by atoms with E-state index in [9.17, 15) is 17.2 Å². The van der Waals surface area contributed by atoms with E-state index in [0.717, 1.165) is 12.0 Å². The Kier molecular flexibility index (Phi) is 9.04. The number of anilines is 1. The number of para-hydroxylation sites is 1. The minimum Gasteiger partial charge on any atom is -0.365 e. The predicted molar refractivity (Wildman–Crippen MR) is 130 cm³/mol. The van der Waals surface area contributed by atoms with Gasteiger partial charge in [0.1, 0.15) is 17.3 Å². The number of hydrogen-bond donors (Lipinski definition) is 2. The normalized spacial score (nSPS) is 16.7. The molecule has 10 heteroatoms. The third-order valence-electron chi connectivity index (χ3n) is 5.06. The Hall–Kier alpha value is -1.95. The van der Waals surface area contributed by atoms with Crippen LogP contribution in [0, 0.1) is 11.6 Å². The summed E-state index contributed by atoms with van der Waals surface area (Å²) < 4.78 is 51.1. The van der Waals surface area contributed by atoms with Gasteiger partial charge in [-0.1, -0.05) is 18.2 Å². The highest BCUT2D eigenvalue weighted by atomic mass is 127. The number of hydrogen-bond acceptors (Lipinski definition) is 4. The maximum atomic E-state index is 14.0. The zero-order chi connectivity index (χ0) is 21.7. The number of nitrogens with one attached hydrogen (secondary N) is 2. The fourth-order valence-corrected chi connectivity index (χ4v) is 4.12. The summed E-state index contributed by atoms with van der Waals surface area (Å²) in [5.74, 6) is -0.497. The van der Waals surface area contributed by atoms with Crippen LogP contribution in [0.15, 0.2) is 52.4 Å². The molecule has 0 bridgehead atoms. The van der Waals surface area contributed by atoms with E-state index in [2.05, 4.69) is 15.6 Å². The van der Waals surface area contributed by atoms with Crippen molar-refractivity contribution in [3.05, 3.63) is 59.7 Å². The smallest absolute Gasteiger partial charge is 0.191 e. The van der Waals surface area contributed by atoms with E-state index in [4.69, 9.17) is 0 Å². The van der Waals surface area contributed by atoms with E-state index < -0.39 is 21.5 Å². The zero-order valence-electron chi connectivity index (χ0n) is 17.4. The van der Waals surface area contributed by atoms with Crippen molar-refractivity contribution in [1.82, 2.24) is 10.6 Å². The number of aliphatic imine (C=N–C) groups is 1. The Balaban J connectivity index is 0.00000341. The van der Waals surface area contributed by atoms with Crippen LogP contribution in [0.1, 0.15) is 12.0 Å². The Bertz CT molecular complexity index is 996. The summed E-state index contributed by atoms with van der Waals surface area (Å²) in [5, 5.41) is 6.51. The molecule has 3 rings (SSSR count). The van der Waals surface area contributed by atoms with Gasteiger partial charge in [0.2, 0.25) is 0 Å². The lowest BCUT2D eigenvalue weighted by Gasteiger charge is -2.21. The number of benzene rings is 2. The first-order valence-corrected chi connectivity index (χ1v) is 11.6. The van der Waals surface area contributed by atoms with E-state index in [1.165, 1.54) is 24.5 Å². The van der Waals surface area contributed by atoms with Crippen LogP contribution in [0.5, 0.6) is 0 Å². The summed E-state index contributed by atoms with van der Waals surface area (Å²) in [5.41, 5.74) is 1.02. The SMILES string of the molecule is CN=C(NCCc1ccc(S(C)(=O)=O)cc1)NC1CCN(c2c(F)cccc2F)C1.I. The highest BCUT2D eigenvalue weighted by Gasteiger charge is 2.27. The molecule has 1 aliphatic heterocycles. The molecular formula is C21H27F2IN4O2S. The lowest BCUT2D eigenvalue weighted by atomic mass is 10.1. The molecule has 1 aliphatic rings. The van der Waals surface area contributed by atoms with Crippen molar-refractivity contribution in [1.29, 1.82) is 0 Å². The maximum absolute atomic E-state index is 14.0. The molecule has 0 spiro atoms. The minimum absolute atomic E-state index is 0. The number of rotatable bonds is 6. The van der Waals surface area contributed by atoms with Crippen LogP contribution in [0.25, 0.3) is 0 Å². The van der Waals surface area contributed by atoms with Gasteiger partial charge in [0.25, 0.3) is 0 Å². The lowest BCUT2D eigenvalue weighted by Crippen LogP contribution is -2.45. The quantitative estimate of drug-likeness (QED) is 0.321. The molecule has 31 heavy (non-hydrogen) atoms. The van der Waals surface area contributed by atoms with E-state index in [0.29, 0.717) is 36.9 Å². The molecule has 0 amide bonds. The van der Waals surface area contributed by atoms with Crippen LogP contribution >= 0.6 is 24.0 Å². The molecule has 1 heterocycles. The molecule has 170 valence electrons. The molecule has 6 nitrogen and oxygen atoms in total. The third-order valence-corrected chi connectivity index (χ3v) is 6.19. The highest BCUT2D eigenvalue weighted by molar-refractivity contribution is 14.0. The number of sulfone groups is 1. The van der Waals surface area contributed by atoms with Crippen LogP contribution in [-0.4, -0.2) is 53.4 Å². The van der Waals surface area contributed by atoms with Gasteiger partial charge in [0.15, 0.2) is 15.8 Å². The molecule has 0 radical (unpaired) electrons. The van der Waals surface area contributed by atoms with Gasteiger partial charge in [-0.05, 0) is 42.7 Å². The summed E-state index contributed by atoms with van der Waals surface area (Å²) in [7, 11) is -1.53. The average molecular weight is 564 g/mol. The van der Waals surface area contributed by atoms with Gasteiger partial charge in [0, 0.05) is 39.0 Å². The van der Waals surface area contributed by atoms with Gasteiger partial charge < -0.3 is 15.5 Å². The van der Waals surface area contributed by atoms with Crippen LogP contribution < -0.4 is 15.5 Å². The van der Waals surface area contributed by atoms with Gasteiger partial charge in [-0.25, -0.2) is 17.2 Å². The Morgan fingerprint density at radius 2 is 1.81 bits per heavy atom. The molecule has 0 aliphatic carbocycles. The van der Waals surface area contributed by atoms with Crippen molar-refractivity contribution < 1.29 is 17.2 Å². The topological polar surface area (TPSA) is 73.8 Å². The molecule has 2 N–H and O–H groups in total. The van der Waals surface area contributed by atoms with Crippen LogP contribution in [0.3, 0.4) is 0 Å². The van der Waals surface area contributed by atoms with Gasteiger partial charge in [0.05, 0.1) is 4.90 Å². The summed E-state index contributed by atoms with van der Waals surface area (Å²) in [6, 6.07) is 10.7. The van der Waals surface area contributed by atoms with Crippen molar-refractivity contribution in [2.75, 3.05) is 37.8 Å². The van der Waals surface area contributed by atoms with Crippen LogP contribution in [0.2, 0.25) is 0 Å². The van der Waals surface area contributed by atoms with Crippen molar-refractivity contribution in [3.63, 3.8) is 0 Å². The number of nitrogens with zero attached hydrogens (tertiary/aromatic N) is 2. The fraction of sp³-hybridized carbons (Fsp3) is 0.381. The van der Waals surface area contributed by atoms with Gasteiger partial charge in [-0.2, -0.15) is 0 Å². The molecule has 1 atom stereocenters. The largest absolute Gasteiger partial charge is 0.365 e. The summed E-state index contributed by atoms with van der Waals surface area (Å²) in [4.78, 5) is 6.22. The maximum Gasteiger partial charge on any atom is 0.191 e. The molecule has 1 saturated heterocycles. The Labute approximate surface area is 199 Å². The lowest BCUT2D eigenvalue weighted by molar-refractivity contribution is 0.576. The monoisotopic (exact) mass is 564 g/mol. The molecule has 2 aromatic carbocycles. The zero-order valence-corrected chi connectivity index (χ0v) is 20.6. The molecule has 2 aromatic rings. The molecule has 0 aromatic heterocycles. The second-order valence-electron chi connectivity index (χ2n) is 7.31. The Morgan fingerprint density at radius 3 is 2.39 bits per heavy atom. The summed E-state index contributed by atoms with van der Waals surface area (Å²) in [6.45, 7) is 1.64. The van der Waals surface area contributed by atoms with E-state index >= 15 is 0 Å². The van der Waals surface area contributed by atoms with E-state index in [1.807, 2.05) is 0 Å². The second-order valence-corrected chi connectivity index (χ2v) is 9.33. The first-order valence-electron chi connectivity index (χ1n) is 9.73. The van der Waals surface area contributed by atoms with Crippen molar-refractivity contribution in [2.24, 2.45) is 4.99 Å². The molecule has 0 saturated carbocycles. The van der Waals surface area contributed by atoms with Gasteiger partial charge in [-0.15, -0.1) is 24.0 Å². The first-order chi connectivity index (χ1) is 14.3. The minimum atomic E-state index is -3.20. The standard InChI is InChI=1S/C21H26F2N4O2S.HI/c1-24-21(25-12-10-15-6-8-17(9-7-15)30(2,28)29)26-16-11-13-27(14-16)20-18(22)4-3-5-19(20)23;/h3-9,16H,10-14H2,1-2H3,(H2,24,25,26);1H. The van der Waals surface area contributed by atoms with Crippen molar-refractivity contribution >= 4 is 45.5 Å². The molecule has 1 unspecified atom stereocenters. The van der Waals surface area contributed by atoms with Crippen LogP contribution in [0.4, 0.5) is 14.5 Å². The predicted octanol–water partition coefficient (Wildman–Crippen LogP) is 2.97. The summed E-state index contributed by atoms with van der Waals surface area (Å²) >= 11 is 0. The van der Waals surface area contributed by atoms with E-state index in [-0.39, 0.29) is 35.7 Å². The fourth-order valence-electron chi connectivity index (χ4n) is 3.49. The van der Waals surface area contributed by atoms with Gasteiger partial charge in [-0.3, -0.25) is 4.99 Å². The number of halogens is 3. The average Bonchev–Trinajstić information content (AvgIpc) is 3.15. The third kappa shape index (κ3) is 6.76. The molecular weight excluding hydrogens is 537 g/mol. The first kappa shape index (κ1) is 25.3. The second kappa shape index (κ2) is 11.1. The number of guanidine groups is 1. The van der Waals surface area contributed by atoms with Crippen molar-refractivity contribution in [2.45, 2.75) is 23.8 Å². The Morgan fingerprint density at radius 1 is 1.16 bits per heavy atom. The van der Waals surface area contributed by atoms with Crippen molar-refractivity contribution in [3.8, 4) is 0 Å².